The summed E-state index contributed by atoms with van der Waals surface area (Å²) in [7, 11) is 1.36. The van der Waals surface area contributed by atoms with Crippen LogP contribution in [-0.4, -0.2) is 18.2 Å². The second kappa shape index (κ2) is 6.73. The van der Waals surface area contributed by atoms with Gasteiger partial charge in [0, 0.05) is 17.3 Å². The lowest BCUT2D eigenvalue weighted by Gasteiger charge is -2.25. The van der Waals surface area contributed by atoms with E-state index in [1.807, 2.05) is 0 Å². The molecule has 1 aromatic rings. The summed E-state index contributed by atoms with van der Waals surface area (Å²) in [6.45, 7) is 4.80. The second-order valence-corrected chi connectivity index (χ2v) is 6.17. The Morgan fingerprint density at radius 2 is 2.05 bits per heavy atom. The summed E-state index contributed by atoms with van der Waals surface area (Å²) in [5.74, 6) is -4.71. The van der Waals surface area contributed by atoms with Crippen LogP contribution in [0.15, 0.2) is 10.5 Å². The molecule has 6 heteroatoms. The highest BCUT2D eigenvalue weighted by atomic mass is 79.9. The number of benzene rings is 1. The minimum absolute atomic E-state index is 0.156. The van der Waals surface area contributed by atoms with E-state index in [4.69, 9.17) is 9.84 Å². The predicted molar refractivity (Wildman–Crippen MR) is 80.1 cm³/mol. The second-order valence-electron chi connectivity index (χ2n) is 5.32. The molecule has 0 spiro atoms. The highest BCUT2D eigenvalue weighted by molar-refractivity contribution is 9.10. The lowest BCUT2D eigenvalue weighted by Crippen LogP contribution is -2.22. The van der Waals surface area contributed by atoms with Gasteiger partial charge in [0.05, 0.1) is 12.7 Å². The number of hydrogen-bond donors (Lipinski definition) is 1. The van der Waals surface area contributed by atoms with Crippen LogP contribution in [0.1, 0.15) is 36.5 Å². The third-order valence-electron chi connectivity index (χ3n) is 3.36. The van der Waals surface area contributed by atoms with Gasteiger partial charge in [-0.15, -0.1) is 0 Å². The lowest BCUT2D eigenvalue weighted by atomic mass is 9.90. The zero-order valence-corrected chi connectivity index (χ0v) is 14.1. The predicted octanol–water partition coefficient (Wildman–Crippen LogP) is 4.67. The van der Waals surface area contributed by atoms with Gasteiger partial charge < -0.3 is 9.84 Å². The Morgan fingerprint density at radius 3 is 2.52 bits per heavy atom. The van der Waals surface area contributed by atoms with Gasteiger partial charge in [-0.2, -0.15) is 0 Å². The van der Waals surface area contributed by atoms with E-state index in [2.05, 4.69) is 15.9 Å². The number of alkyl halides is 2. The summed E-state index contributed by atoms with van der Waals surface area (Å²) in [5, 5.41) is 8.72. The van der Waals surface area contributed by atoms with Gasteiger partial charge in [0.15, 0.2) is 0 Å². The summed E-state index contributed by atoms with van der Waals surface area (Å²) < 4.78 is 35.0. The SMILES string of the molecule is COc1c(C)cc(Br)c(C)c1C(F)(F)CC(C)CC(=O)O. The van der Waals surface area contributed by atoms with Gasteiger partial charge in [-0.25, -0.2) is 8.78 Å². The van der Waals surface area contributed by atoms with Crippen LogP contribution in [-0.2, 0) is 10.7 Å². The molecule has 0 radical (unpaired) electrons. The maximum atomic E-state index is 14.6. The molecule has 0 aliphatic carbocycles. The van der Waals surface area contributed by atoms with Gasteiger partial charge in [-0.05, 0) is 37.0 Å². The van der Waals surface area contributed by atoms with Crippen molar-refractivity contribution in [2.24, 2.45) is 5.92 Å². The van der Waals surface area contributed by atoms with Crippen LogP contribution in [0.5, 0.6) is 5.75 Å². The molecule has 118 valence electrons. The molecular formula is C15H19BrF2O3. The van der Waals surface area contributed by atoms with Crippen molar-refractivity contribution in [2.45, 2.75) is 39.5 Å². The van der Waals surface area contributed by atoms with Crippen molar-refractivity contribution in [3.63, 3.8) is 0 Å². The number of carbonyl (C=O) groups is 1. The van der Waals surface area contributed by atoms with Crippen LogP contribution in [0.4, 0.5) is 8.78 Å². The van der Waals surface area contributed by atoms with E-state index in [1.165, 1.54) is 14.0 Å². The summed E-state index contributed by atoms with van der Waals surface area (Å²) in [4.78, 5) is 10.7. The largest absolute Gasteiger partial charge is 0.496 e. The first kappa shape index (κ1) is 17.9. The Morgan fingerprint density at radius 1 is 1.48 bits per heavy atom. The zero-order valence-electron chi connectivity index (χ0n) is 12.5. The van der Waals surface area contributed by atoms with Gasteiger partial charge in [0.25, 0.3) is 5.92 Å². The van der Waals surface area contributed by atoms with E-state index in [-0.39, 0.29) is 17.7 Å². The third-order valence-corrected chi connectivity index (χ3v) is 4.18. The molecule has 0 aliphatic rings. The molecule has 3 nitrogen and oxygen atoms in total. The number of hydrogen-bond acceptors (Lipinski definition) is 2. The van der Waals surface area contributed by atoms with Crippen molar-refractivity contribution in [3.05, 3.63) is 27.2 Å². The summed E-state index contributed by atoms with van der Waals surface area (Å²) in [5.41, 5.74) is 0.842. The van der Waals surface area contributed by atoms with Crippen molar-refractivity contribution < 1.29 is 23.4 Å². The minimum Gasteiger partial charge on any atom is -0.496 e. The Hall–Kier alpha value is -1.17. The highest BCUT2D eigenvalue weighted by Gasteiger charge is 2.39. The van der Waals surface area contributed by atoms with Gasteiger partial charge in [-0.1, -0.05) is 22.9 Å². The molecule has 0 heterocycles. The van der Waals surface area contributed by atoms with Crippen LogP contribution in [0, 0.1) is 19.8 Å². The van der Waals surface area contributed by atoms with Crippen molar-refractivity contribution >= 4 is 21.9 Å². The molecule has 1 rings (SSSR count). The first-order valence-electron chi connectivity index (χ1n) is 6.54. The van der Waals surface area contributed by atoms with Crippen LogP contribution in [0.2, 0.25) is 0 Å². The van der Waals surface area contributed by atoms with Gasteiger partial charge in [-0.3, -0.25) is 4.79 Å². The summed E-state index contributed by atoms with van der Waals surface area (Å²) in [6.07, 6.45) is -0.823. The molecule has 0 amide bonds. The van der Waals surface area contributed by atoms with Gasteiger partial charge in [0.2, 0.25) is 0 Å². The molecule has 1 aromatic carbocycles. The topological polar surface area (TPSA) is 46.5 Å². The Balaban J connectivity index is 3.26. The van der Waals surface area contributed by atoms with E-state index in [9.17, 15) is 13.6 Å². The number of carboxylic acids is 1. The molecule has 21 heavy (non-hydrogen) atoms. The van der Waals surface area contributed by atoms with Crippen molar-refractivity contribution in [1.82, 2.24) is 0 Å². The normalized spacial score (nSPS) is 13.1. The van der Waals surface area contributed by atoms with Crippen molar-refractivity contribution in [1.29, 1.82) is 0 Å². The van der Waals surface area contributed by atoms with Gasteiger partial charge in [0.1, 0.15) is 5.75 Å². The van der Waals surface area contributed by atoms with E-state index in [0.29, 0.717) is 15.6 Å². The molecular weight excluding hydrogens is 346 g/mol. The zero-order chi connectivity index (χ0) is 16.4. The minimum atomic E-state index is -3.15. The van der Waals surface area contributed by atoms with E-state index >= 15 is 0 Å². The summed E-state index contributed by atoms with van der Waals surface area (Å²) in [6, 6.07) is 1.73. The average molecular weight is 365 g/mol. The molecule has 1 N–H and O–H groups in total. The quantitative estimate of drug-likeness (QED) is 0.797. The fourth-order valence-electron chi connectivity index (χ4n) is 2.46. The molecule has 0 saturated carbocycles. The number of ether oxygens (including phenoxy) is 1. The molecule has 0 aromatic heterocycles. The standard InChI is InChI=1S/C15H19BrF2O3/c1-8(5-12(19)20)7-15(17,18)13-10(3)11(16)6-9(2)14(13)21-4/h6,8H,5,7H2,1-4H3,(H,19,20). The van der Waals surface area contributed by atoms with Gasteiger partial charge >= 0.3 is 5.97 Å². The number of methoxy groups -OCH3 is 1. The van der Waals surface area contributed by atoms with E-state index in [0.717, 1.165) is 0 Å². The lowest BCUT2D eigenvalue weighted by molar-refractivity contribution is -0.138. The van der Waals surface area contributed by atoms with Crippen LogP contribution >= 0.6 is 15.9 Å². The van der Waals surface area contributed by atoms with Crippen molar-refractivity contribution in [2.75, 3.05) is 7.11 Å². The van der Waals surface area contributed by atoms with Crippen LogP contribution < -0.4 is 4.74 Å². The number of aliphatic carboxylic acids is 1. The number of aryl methyl sites for hydroxylation is 1. The van der Waals surface area contributed by atoms with E-state index < -0.39 is 24.2 Å². The Labute approximate surface area is 131 Å². The third kappa shape index (κ3) is 4.15. The van der Waals surface area contributed by atoms with Crippen LogP contribution in [0.3, 0.4) is 0 Å². The van der Waals surface area contributed by atoms with Crippen molar-refractivity contribution in [3.8, 4) is 5.75 Å². The first-order valence-corrected chi connectivity index (χ1v) is 7.33. The molecule has 1 atom stereocenters. The number of rotatable bonds is 6. The maximum Gasteiger partial charge on any atom is 0.303 e. The van der Waals surface area contributed by atoms with E-state index in [1.54, 1.807) is 19.9 Å². The number of carboxylic acid groups (broad SMARTS) is 1. The molecule has 0 fully saturated rings. The fraction of sp³-hybridized carbons (Fsp3) is 0.533. The molecule has 0 aliphatic heterocycles. The average Bonchev–Trinajstić information content (AvgIpc) is 2.30. The Bertz CT molecular complexity index is 544. The maximum absolute atomic E-state index is 14.6. The smallest absolute Gasteiger partial charge is 0.303 e. The fourth-order valence-corrected chi connectivity index (χ4v) is 3.01. The monoisotopic (exact) mass is 364 g/mol. The highest BCUT2D eigenvalue weighted by Crippen LogP contribution is 2.45. The Kier molecular flexibility index (Phi) is 5.73. The molecule has 1 unspecified atom stereocenters. The summed E-state index contributed by atoms with van der Waals surface area (Å²) >= 11 is 3.28. The molecule has 0 saturated heterocycles. The number of halogens is 3. The molecule has 0 bridgehead atoms. The van der Waals surface area contributed by atoms with Crippen LogP contribution in [0.25, 0.3) is 0 Å². The first-order chi connectivity index (χ1) is 9.60.